The highest BCUT2D eigenvalue weighted by atomic mass is 19.1. The fourth-order valence-corrected chi connectivity index (χ4v) is 2.29. The number of benzene rings is 2. The second kappa shape index (κ2) is 6.00. The van der Waals surface area contributed by atoms with Gasteiger partial charge in [0.05, 0.1) is 23.2 Å². The van der Waals surface area contributed by atoms with E-state index < -0.39 is 11.4 Å². The van der Waals surface area contributed by atoms with Crippen LogP contribution < -0.4 is 5.43 Å². The van der Waals surface area contributed by atoms with Gasteiger partial charge in [0.25, 0.3) is 0 Å². The molecule has 3 aromatic rings. The van der Waals surface area contributed by atoms with Crippen LogP contribution in [0.1, 0.15) is 17.4 Å². The summed E-state index contributed by atoms with van der Waals surface area (Å²) >= 11 is 0. The van der Waals surface area contributed by atoms with Gasteiger partial charge in [0.1, 0.15) is 5.82 Å². The molecule has 0 unspecified atom stereocenters. The van der Waals surface area contributed by atoms with E-state index in [0.717, 1.165) is 0 Å². The smallest absolute Gasteiger partial charge is 0.362 e. The SMILES string of the molecule is CCOC(=O)c1nn(-c2ccc(F)cc2)c2ccccc2c1=O. The van der Waals surface area contributed by atoms with Crippen LogP contribution in [0.25, 0.3) is 16.6 Å². The summed E-state index contributed by atoms with van der Waals surface area (Å²) in [5.74, 6) is -1.16. The number of ether oxygens (including phenoxy) is 1. The molecule has 0 aliphatic heterocycles. The molecule has 5 nitrogen and oxygen atoms in total. The fraction of sp³-hybridized carbons (Fsp3) is 0.118. The summed E-state index contributed by atoms with van der Waals surface area (Å²) in [7, 11) is 0. The van der Waals surface area contributed by atoms with Gasteiger partial charge in [-0.05, 0) is 43.3 Å². The second-order valence-corrected chi connectivity index (χ2v) is 4.80. The van der Waals surface area contributed by atoms with Gasteiger partial charge in [-0.3, -0.25) is 4.79 Å². The molecule has 0 saturated carbocycles. The van der Waals surface area contributed by atoms with Crippen molar-refractivity contribution in [2.45, 2.75) is 6.92 Å². The van der Waals surface area contributed by atoms with E-state index in [1.807, 2.05) is 0 Å². The predicted octanol–water partition coefficient (Wildman–Crippen LogP) is 2.70. The van der Waals surface area contributed by atoms with Crippen LogP contribution in [0.15, 0.2) is 53.3 Å². The van der Waals surface area contributed by atoms with Gasteiger partial charge in [-0.1, -0.05) is 12.1 Å². The Kier molecular flexibility index (Phi) is 3.89. The molecule has 0 aliphatic carbocycles. The third-order valence-corrected chi connectivity index (χ3v) is 3.33. The first-order valence-electron chi connectivity index (χ1n) is 7.07. The summed E-state index contributed by atoms with van der Waals surface area (Å²) in [6, 6.07) is 12.4. The maximum absolute atomic E-state index is 13.1. The number of carbonyl (C=O) groups excluding carboxylic acids is 1. The third kappa shape index (κ3) is 2.70. The Bertz CT molecular complexity index is 933. The molecule has 2 aromatic carbocycles. The number of esters is 1. The lowest BCUT2D eigenvalue weighted by molar-refractivity contribution is 0.0516. The number of hydrogen-bond acceptors (Lipinski definition) is 4. The molecule has 0 N–H and O–H groups in total. The summed E-state index contributed by atoms with van der Waals surface area (Å²) in [4.78, 5) is 24.4. The predicted molar refractivity (Wildman–Crippen MR) is 83.3 cm³/mol. The van der Waals surface area contributed by atoms with E-state index in [1.54, 1.807) is 31.2 Å². The summed E-state index contributed by atoms with van der Waals surface area (Å²) in [5.41, 5.74) is 0.276. The third-order valence-electron chi connectivity index (χ3n) is 3.33. The molecule has 6 heteroatoms. The number of halogens is 1. The lowest BCUT2D eigenvalue weighted by Crippen LogP contribution is -2.24. The highest BCUT2D eigenvalue weighted by Gasteiger charge is 2.18. The van der Waals surface area contributed by atoms with Crippen molar-refractivity contribution in [1.82, 2.24) is 9.78 Å². The maximum Gasteiger partial charge on any atom is 0.362 e. The van der Waals surface area contributed by atoms with E-state index in [0.29, 0.717) is 16.6 Å². The minimum Gasteiger partial charge on any atom is -0.461 e. The topological polar surface area (TPSA) is 61.2 Å². The van der Waals surface area contributed by atoms with E-state index in [9.17, 15) is 14.0 Å². The van der Waals surface area contributed by atoms with Gasteiger partial charge in [-0.15, -0.1) is 0 Å². The van der Waals surface area contributed by atoms with Gasteiger partial charge in [-0.25, -0.2) is 13.9 Å². The molecule has 0 radical (unpaired) electrons. The van der Waals surface area contributed by atoms with Crippen LogP contribution in [0.4, 0.5) is 4.39 Å². The van der Waals surface area contributed by atoms with Crippen molar-refractivity contribution in [2.24, 2.45) is 0 Å². The van der Waals surface area contributed by atoms with Crippen LogP contribution in [0, 0.1) is 5.82 Å². The van der Waals surface area contributed by atoms with Gasteiger partial charge in [0.2, 0.25) is 11.1 Å². The van der Waals surface area contributed by atoms with Gasteiger partial charge in [0.15, 0.2) is 0 Å². The maximum atomic E-state index is 13.1. The Morgan fingerprint density at radius 1 is 1.17 bits per heavy atom. The van der Waals surface area contributed by atoms with Crippen LogP contribution in [0.3, 0.4) is 0 Å². The second-order valence-electron chi connectivity index (χ2n) is 4.80. The Balaban J connectivity index is 2.32. The summed E-state index contributed by atoms with van der Waals surface area (Å²) < 4.78 is 19.5. The van der Waals surface area contributed by atoms with Crippen LogP contribution in [-0.4, -0.2) is 22.4 Å². The van der Waals surface area contributed by atoms with E-state index in [2.05, 4.69) is 5.10 Å². The van der Waals surface area contributed by atoms with Crippen molar-refractivity contribution in [3.63, 3.8) is 0 Å². The molecule has 0 bridgehead atoms. The molecule has 1 aromatic heterocycles. The summed E-state index contributed by atoms with van der Waals surface area (Å²) in [6.07, 6.45) is 0. The number of carbonyl (C=O) groups is 1. The number of nitrogens with zero attached hydrogens (tertiary/aromatic N) is 2. The molecule has 23 heavy (non-hydrogen) atoms. The van der Waals surface area contributed by atoms with Gasteiger partial charge >= 0.3 is 5.97 Å². The van der Waals surface area contributed by atoms with Crippen LogP contribution in [0.2, 0.25) is 0 Å². The quantitative estimate of drug-likeness (QED) is 0.698. The molecule has 0 saturated heterocycles. The Morgan fingerprint density at radius 2 is 1.87 bits per heavy atom. The summed E-state index contributed by atoms with van der Waals surface area (Å²) in [5, 5.41) is 4.47. The molecule has 1 heterocycles. The molecule has 0 fully saturated rings. The lowest BCUT2D eigenvalue weighted by Gasteiger charge is -2.11. The zero-order chi connectivity index (χ0) is 16.4. The van der Waals surface area contributed by atoms with Crippen molar-refractivity contribution >= 4 is 16.9 Å². The van der Waals surface area contributed by atoms with E-state index in [4.69, 9.17) is 4.74 Å². The highest BCUT2D eigenvalue weighted by molar-refractivity contribution is 5.92. The van der Waals surface area contributed by atoms with Crippen molar-refractivity contribution in [3.8, 4) is 5.69 Å². The van der Waals surface area contributed by atoms with Gasteiger partial charge in [-0.2, -0.15) is 5.10 Å². The van der Waals surface area contributed by atoms with E-state index in [-0.39, 0.29) is 18.1 Å². The van der Waals surface area contributed by atoms with E-state index in [1.165, 1.54) is 28.9 Å². The lowest BCUT2D eigenvalue weighted by atomic mass is 10.2. The first-order chi connectivity index (χ1) is 11.1. The molecule has 0 spiro atoms. The minimum atomic E-state index is -0.779. The Morgan fingerprint density at radius 3 is 2.57 bits per heavy atom. The van der Waals surface area contributed by atoms with Crippen LogP contribution in [0.5, 0.6) is 0 Å². The largest absolute Gasteiger partial charge is 0.461 e. The molecule has 116 valence electrons. The van der Waals surface area contributed by atoms with Crippen molar-refractivity contribution in [3.05, 3.63) is 70.3 Å². The highest BCUT2D eigenvalue weighted by Crippen LogP contribution is 2.16. The average molecular weight is 312 g/mol. The van der Waals surface area contributed by atoms with E-state index >= 15 is 0 Å². The van der Waals surface area contributed by atoms with Crippen molar-refractivity contribution < 1.29 is 13.9 Å². The van der Waals surface area contributed by atoms with Crippen molar-refractivity contribution in [2.75, 3.05) is 6.61 Å². The first-order valence-corrected chi connectivity index (χ1v) is 7.07. The number of aromatic nitrogens is 2. The number of rotatable bonds is 3. The zero-order valence-corrected chi connectivity index (χ0v) is 12.3. The minimum absolute atomic E-state index is 0.142. The molecule has 0 atom stereocenters. The molecule has 0 amide bonds. The molecular formula is C17H13FN2O3. The zero-order valence-electron chi connectivity index (χ0n) is 12.3. The number of hydrogen-bond donors (Lipinski definition) is 0. The van der Waals surface area contributed by atoms with Crippen LogP contribution in [-0.2, 0) is 4.74 Å². The monoisotopic (exact) mass is 312 g/mol. The number of fused-ring (bicyclic) bond motifs is 1. The van der Waals surface area contributed by atoms with Gasteiger partial charge in [0, 0.05) is 0 Å². The molecular weight excluding hydrogens is 299 g/mol. The standard InChI is InChI=1S/C17H13FN2O3/c1-2-23-17(22)15-16(21)13-5-3-4-6-14(13)20(19-15)12-9-7-11(18)8-10-12/h3-10H,2H2,1H3. The molecule has 0 aliphatic rings. The fourth-order valence-electron chi connectivity index (χ4n) is 2.29. The average Bonchev–Trinajstić information content (AvgIpc) is 2.57. The molecule has 3 rings (SSSR count). The summed E-state index contributed by atoms with van der Waals surface area (Å²) in [6.45, 7) is 1.79. The Labute approximate surface area is 130 Å². The normalized spacial score (nSPS) is 10.7. The Hall–Kier alpha value is -3.02. The number of para-hydroxylation sites is 1. The van der Waals surface area contributed by atoms with Gasteiger partial charge < -0.3 is 4.74 Å². The van der Waals surface area contributed by atoms with Crippen molar-refractivity contribution in [1.29, 1.82) is 0 Å². The first kappa shape index (κ1) is 14.9. The van der Waals surface area contributed by atoms with Crippen LogP contribution >= 0.6 is 0 Å².